The van der Waals surface area contributed by atoms with Crippen molar-refractivity contribution in [3.63, 3.8) is 0 Å². The third-order valence-corrected chi connectivity index (χ3v) is 4.64. The fourth-order valence-electron chi connectivity index (χ4n) is 3.12. The molecule has 1 heterocycles. The Kier molecular flexibility index (Phi) is 4.21. The van der Waals surface area contributed by atoms with Gasteiger partial charge >= 0.3 is 0 Å². The molecular formula is C18H18BrNO2. The van der Waals surface area contributed by atoms with Crippen LogP contribution in [0.4, 0.5) is 5.69 Å². The number of hydrogen-bond acceptors (Lipinski definition) is 2. The van der Waals surface area contributed by atoms with Crippen LogP contribution in [-0.4, -0.2) is 19.6 Å². The van der Waals surface area contributed by atoms with Crippen molar-refractivity contribution in [1.82, 2.24) is 0 Å². The molecule has 0 fully saturated rings. The molecule has 0 spiro atoms. The van der Waals surface area contributed by atoms with Crippen LogP contribution in [0.1, 0.15) is 24.0 Å². The molecule has 22 heavy (non-hydrogen) atoms. The lowest BCUT2D eigenvalue weighted by atomic mass is 9.93. The molecule has 0 aliphatic carbocycles. The Hall–Kier alpha value is -1.81. The highest BCUT2D eigenvalue weighted by atomic mass is 79.9. The van der Waals surface area contributed by atoms with Crippen LogP contribution in [0.15, 0.2) is 46.9 Å². The molecule has 1 aliphatic rings. The molecule has 1 aliphatic heterocycles. The van der Waals surface area contributed by atoms with Crippen LogP contribution < -0.4 is 9.64 Å². The molecule has 1 unspecified atom stereocenters. The minimum atomic E-state index is -0.139. The molecule has 1 atom stereocenters. The van der Waals surface area contributed by atoms with Gasteiger partial charge in [-0.25, -0.2) is 0 Å². The van der Waals surface area contributed by atoms with E-state index in [1.165, 1.54) is 0 Å². The van der Waals surface area contributed by atoms with E-state index in [0.29, 0.717) is 13.0 Å². The normalized spacial score (nSPS) is 16.8. The zero-order valence-corrected chi connectivity index (χ0v) is 14.3. The van der Waals surface area contributed by atoms with Gasteiger partial charge in [-0.2, -0.15) is 0 Å². The summed E-state index contributed by atoms with van der Waals surface area (Å²) in [5, 5.41) is 0. The van der Waals surface area contributed by atoms with Crippen molar-refractivity contribution in [1.29, 1.82) is 0 Å². The van der Waals surface area contributed by atoms with E-state index in [4.69, 9.17) is 4.74 Å². The van der Waals surface area contributed by atoms with Crippen molar-refractivity contribution in [2.75, 3.05) is 18.6 Å². The number of methoxy groups -OCH3 is 1. The summed E-state index contributed by atoms with van der Waals surface area (Å²) >= 11 is 3.50. The highest BCUT2D eigenvalue weighted by Crippen LogP contribution is 2.40. The SMILES string of the molecule is CCN1C(=O)C(Cc2cc(Br)ccc2OC)c2ccccc21. The van der Waals surface area contributed by atoms with Gasteiger partial charge in [-0.05, 0) is 48.7 Å². The number of carbonyl (C=O) groups excluding carboxylic acids is 1. The van der Waals surface area contributed by atoms with Crippen LogP contribution in [0, 0.1) is 0 Å². The molecular weight excluding hydrogens is 342 g/mol. The molecule has 2 aromatic rings. The van der Waals surface area contributed by atoms with Gasteiger partial charge in [-0.1, -0.05) is 34.1 Å². The highest BCUT2D eigenvalue weighted by Gasteiger charge is 2.36. The quantitative estimate of drug-likeness (QED) is 0.820. The van der Waals surface area contributed by atoms with Crippen molar-refractivity contribution in [3.8, 4) is 5.75 Å². The van der Waals surface area contributed by atoms with Gasteiger partial charge in [0.1, 0.15) is 5.75 Å². The maximum atomic E-state index is 12.8. The Balaban J connectivity index is 1.99. The smallest absolute Gasteiger partial charge is 0.234 e. The van der Waals surface area contributed by atoms with Gasteiger partial charge in [0, 0.05) is 16.7 Å². The standard InChI is InChI=1S/C18H18BrNO2/c1-3-20-16-7-5-4-6-14(16)15(18(20)21)11-12-10-13(19)8-9-17(12)22-2/h4-10,15H,3,11H2,1-2H3. The maximum absolute atomic E-state index is 12.8. The van der Waals surface area contributed by atoms with Crippen LogP contribution in [0.25, 0.3) is 0 Å². The maximum Gasteiger partial charge on any atom is 0.234 e. The first-order chi connectivity index (χ1) is 10.7. The van der Waals surface area contributed by atoms with Crippen LogP contribution in [0.5, 0.6) is 5.75 Å². The van der Waals surface area contributed by atoms with E-state index in [2.05, 4.69) is 22.0 Å². The zero-order chi connectivity index (χ0) is 15.7. The molecule has 0 radical (unpaired) electrons. The van der Waals surface area contributed by atoms with Gasteiger partial charge in [-0.3, -0.25) is 4.79 Å². The number of rotatable bonds is 4. The Labute approximate surface area is 139 Å². The van der Waals surface area contributed by atoms with Crippen LogP contribution in [0.3, 0.4) is 0 Å². The molecule has 1 amide bonds. The van der Waals surface area contributed by atoms with Gasteiger partial charge in [0.2, 0.25) is 5.91 Å². The minimum absolute atomic E-state index is 0.139. The van der Waals surface area contributed by atoms with E-state index in [1.54, 1.807) is 7.11 Å². The Morgan fingerprint density at radius 1 is 1.23 bits per heavy atom. The van der Waals surface area contributed by atoms with Crippen molar-refractivity contribution >= 4 is 27.5 Å². The summed E-state index contributed by atoms with van der Waals surface area (Å²) in [6.07, 6.45) is 0.648. The van der Waals surface area contributed by atoms with Gasteiger partial charge < -0.3 is 9.64 Å². The highest BCUT2D eigenvalue weighted by molar-refractivity contribution is 9.10. The number of likely N-dealkylation sites (N-methyl/N-ethyl adjacent to an activating group) is 1. The average molecular weight is 360 g/mol. The second kappa shape index (κ2) is 6.13. The fourth-order valence-corrected chi connectivity index (χ4v) is 3.53. The third kappa shape index (κ3) is 2.52. The van der Waals surface area contributed by atoms with Crippen molar-refractivity contribution < 1.29 is 9.53 Å². The minimum Gasteiger partial charge on any atom is -0.496 e. The molecule has 0 saturated carbocycles. The molecule has 114 valence electrons. The summed E-state index contributed by atoms with van der Waals surface area (Å²) in [5.41, 5.74) is 3.19. The van der Waals surface area contributed by atoms with E-state index in [0.717, 1.165) is 27.0 Å². The summed E-state index contributed by atoms with van der Waals surface area (Å²) in [5.74, 6) is 0.855. The molecule has 0 saturated heterocycles. The first-order valence-electron chi connectivity index (χ1n) is 7.38. The third-order valence-electron chi connectivity index (χ3n) is 4.15. The summed E-state index contributed by atoms with van der Waals surface area (Å²) in [6.45, 7) is 2.71. The van der Waals surface area contributed by atoms with E-state index in [-0.39, 0.29) is 11.8 Å². The Bertz CT molecular complexity index is 714. The number of nitrogens with zero attached hydrogens (tertiary/aromatic N) is 1. The largest absolute Gasteiger partial charge is 0.496 e. The van der Waals surface area contributed by atoms with Crippen LogP contribution in [0.2, 0.25) is 0 Å². The van der Waals surface area contributed by atoms with E-state index in [1.807, 2.05) is 48.2 Å². The number of fused-ring (bicyclic) bond motifs is 1. The van der Waals surface area contributed by atoms with Crippen LogP contribution >= 0.6 is 15.9 Å². The number of hydrogen-bond donors (Lipinski definition) is 0. The van der Waals surface area contributed by atoms with Crippen molar-refractivity contribution in [3.05, 3.63) is 58.1 Å². The van der Waals surface area contributed by atoms with E-state index in [9.17, 15) is 4.79 Å². The first-order valence-corrected chi connectivity index (χ1v) is 8.17. The number of anilines is 1. The summed E-state index contributed by atoms with van der Waals surface area (Å²) in [7, 11) is 1.66. The van der Waals surface area contributed by atoms with Gasteiger partial charge in [0.25, 0.3) is 0 Å². The monoisotopic (exact) mass is 359 g/mol. The van der Waals surface area contributed by atoms with Crippen LogP contribution in [-0.2, 0) is 11.2 Å². The molecule has 0 aromatic heterocycles. The number of ether oxygens (including phenoxy) is 1. The molecule has 0 N–H and O–H groups in total. The van der Waals surface area contributed by atoms with Crippen molar-refractivity contribution in [2.45, 2.75) is 19.3 Å². The lowest BCUT2D eigenvalue weighted by Crippen LogP contribution is -2.29. The van der Waals surface area contributed by atoms with Gasteiger partial charge in [0.15, 0.2) is 0 Å². The Morgan fingerprint density at radius 2 is 2.00 bits per heavy atom. The van der Waals surface area contributed by atoms with Gasteiger partial charge in [0.05, 0.1) is 13.0 Å². The molecule has 3 nitrogen and oxygen atoms in total. The number of amides is 1. The number of carbonyl (C=O) groups is 1. The zero-order valence-electron chi connectivity index (χ0n) is 12.7. The fraction of sp³-hybridized carbons (Fsp3) is 0.278. The second-order valence-electron chi connectivity index (χ2n) is 5.35. The summed E-state index contributed by atoms with van der Waals surface area (Å²) in [4.78, 5) is 14.6. The van der Waals surface area contributed by atoms with E-state index >= 15 is 0 Å². The predicted octanol–water partition coefficient (Wildman–Crippen LogP) is 4.15. The summed E-state index contributed by atoms with van der Waals surface area (Å²) in [6, 6.07) is 14.0. The molecule has 2 aromatic carbocycles. The van der Waals surface area contributed by atoms with Crippen molar-refractivity contribution in [2.24, 2.45) is 0 Å². The molecule has 0 bridgehead atoms. The number of para-hydroxylation sites is 1. The van der Waals surface area contributed by atoms with Gasteiger partial charge in [-0.15, -0.1) is 0 Å². The lowest BCUT2D eigenvalue weighted by Gasteiger charge is -2.16. The number of benzene rings is 2. The second-order valence-corrected chi connectivity index (χ2v) is 6.27. The van der Waals surface area contributed by atoms with E-state index < -0.39 is 0 Å². The number of halogens is 1. The topological polar surface area (TPSA) is 29.5 Å². The molecule has 3 rings (SSSR count). The average Bonchev–Trinajstić information content (AvgIpc) is 2.80. The summed E-state index contributed by atoms with van der Waals surface area (Å²) < 4.78 is 6.44. The predicted molar refractivity (Wildman–Crippen MR) is 91.6 cm³/mol. The molecule has 4 heteroatoms. The first kappa shape index (κ1) is 15.1. The lowest BCUT2D eigenvalue weighted by molar-refractivity contribution is -0.119. The Morgan fingerprint density at radius 3 is 2.73 bits per heavy atom.